The number of hydrogen-bond acceptors (Lipinski definition) is 4. The van der Waals surface area contributed by atoms with Crippen molar-refractivity contribution in [2.45, 2.75) is 13.8 Å². The number of aryl methyl sites for hydroxylation is 1. The monoisotopic (exact) mass is 428 g/mol. The Hall–Kier alpha value is -2.93. The van der Waals surface area contributed by atoms with Gasteiger partial charge in [-0.05, 0) is 61.4 Å². The Bertz CT molecular complexity index is 951. The highest BCUT2D eigenvalue weighted by Gasteiger charge is 2.37. The summed E-state index contributed by atoms with van der Waals surface area (Å²) in [6.07, 6.45) is 1.46. The van der Waals surface area contributed by atoms with Gasteiger partial charge in [0.05, 0.1) is 12.3 Å². The number of barbiturate groups is 1. The van der Waals surface area contributed by atoms with Gasteiger partial charge in [-0.3, -0.25) is 14.9 Å². The van der Waals surface area contributed by atoms with E-state index in [9.17, 15) is 14.4 Å². The minimum atomic E-state index is -0.765. The number of imide groups is 2. The molecule has 0 saturated carbocycles. The fourth-order valence-corrected chi connectivity index (χ4v) is 3.22. The number of nitrogens with one attached hydrogen (secondary N) is 1. The summed E-state index contributed by atoms with van der Waals surface area (Å²) in [5, 5.41) is 2.22. The second-order valence-corrected chi connectivity index (χ2v) is 6.81. The number of ether oxygens (including phenoxy) is 1. The molecule has 1 aliphatic heterocycles. The van der Waals surface area contributed by atoms with E-state index in [1.807, 2.05) is 6.92 Å². The molecular weight excluding hydrogens is 412 g/mol. The van der Waals surface area contributed by atoms with Crippen molar-refractivity contribution in [1.29, 1.82) is 0 Å². The molecule has 0 bridgehead atoms. The first-order valence-corrected chi connectivity index (χ1v) is 9.10. The summed E-state index contributed by atoms with van der Waals surface area (Å²) in [7, 11) is 0. The minimum Gasteiger partial charge on any atom is -0.494 e. The van der Waals surface area contributed by atoms with Crippen molar-refractivity contribution >= 4 is 45.5 Å². The maximum Gasteiger partial charge on any atom is 0.335 e. The molecule has 0 atom stereocenters. The van der Waals surface area contributed by atoms with E-state index in [0.717, 1.165) is 14.9 Å². The van der Waals surface area contributed by atoms with Gasteiger partial charge in [0.25, 0.3) is 11.8 Å². The number of hydrogen-bond donors (Lipinski definition) is 1. The highest BCUT2D eigenvalue weighted by Crippen LogP contribution is 2.27. The predicted molar refractivity (Wildman–Crippen MR) is 105 cm³/mol. The summed E-state index contributed by atoms with van der Waals surface area (Å²) >= 11 is 3.35. The standard InChI is InChI=1S/C20H17BrN2O4/c1-3-27-15-7-4-13(5-8-15)11-16-18(24)22-20(26)23(19(16)25)17-9-6-14(21)10-12(17)2/h4-11H,3H2,1-2H3,(H,22,24,26). The number of carbonyl (C=O) groups excluding carboxylic acids is 3. The van der Waals surface area contributed by atoms with Gasteiger partial charge in [0.15, 0.2) is 0 Å². The quantitative estimate of drug-likeness (QED) is 0.592. The van der Waals surface area contributed by atoms with Crippen LogP contribution in [0.1, 0.15) is 18.1 Å². The molecule has 0 radical (unpaired) electrons. The molecule has 2 aromatic carbocycles. The first kappa shape index (κ1) is 18.8. The van der Waals surface area contributed by atoms with Crippen LogP contribution in [-0.4, -0.2) is 24.5 Å². The zero-order valence-electron chi connectivity index (χ0n) is 14.8. The van der Waals surface area contributed by atoms with E-state index in [2.05, 4.69) is 21.2 Å². The lowest BCUT2D eigenvalue weighted by Gasteiger charge is -2.27. The Morgan fingerprint density at radius 3 is 2.44 bits per heavy atom. The summed E-state index contributed by atoms with van der Waals surface area (Å²) in [6.45, 7) is 4.22. The fraction of sp³-hybridized carbons (Fsp3) is 0.150. The number of urea groups is 1. The van der Waals surface area contributed by atoms with Crippen molar-refractivity contribution in [3.05, 3.63) is 63.6 Å². The number of carbonyl (C=O) groups is 3. The van der Waals surface area contributed by atoms with Crippen molar-refractivity contribution in [2.24, 2.45) is 0 Å². The topological polar surface area (TPSA) is 75.7 Å². The van der Waals surface area contributed by atoms with Gasteiger partial charge in [0.2, 0.25) is 0 Å². The Labute approximate surface area is 164 Å². The summed E-state index contributed by atoms with van der Waals surface area (Å²) in [5.74, 6) is -0.686. The molecule has 0 unspecified atom stereocenters. The highest BCUT2D eigenvalue weighted by molar-refractivity contribution is 9.10. The summed E-state index contributed by atoms with van der Waals surface area (Å²) in [5.41, 5.74) is 1.69. The van der Waals surface area contributed by atoms with Crippen LogP contribution in [0.3, 0.4) is 0 Å². The Morgan fingerprint density at radius 1 is 1.11 bits per heavy atom. The van der Waals surface area contributed by atoms with E-state index in [-0.39, 0.29) is 5.57 Å². The van der Waals surface area contributed by atoms with Crippen molar-refractivity contribution in [1.82, 2.24) is 5.32 Å². The Morgan fingerprint density at radius 2 is 1.81 bits per heavy atom. The van der Waals surface area contributed by atoms with Crippen LogP contribution >= 0.6 is 15.9 Å². The number of benzene rings is 2. The van der Waals surface area contributed by atoms with Gasteiger partial charge >= 0.3 is 6.03 Å². The molecule has 6 nitrogen and oxygen atoms in total. The van der Waals surface area contributed by atoms with E-state index < -0.39 is 17.8 Å². The Balaban J connectivity index is 1.97. The van der Waals surface area contributed by atoms with Crippen molar-refractivity contribution < 1.29 is 19.1 Å². The second kappa shape index (κ2) is 7.75. The van der Waals surface area contributed by atoms with E-state index >= 15 is 0 Å². The van der Waals surface area contributed by atoms with Crippen LogP contribution in [0.25, 0.3) is 6.08 Å². The largest absolute Gasteiger partial charge is 0.494 e. The van der Waals surface area contributed by atoms with Gasteiger partial charge in [-0.15, -0.1) is 0 Å². The zero-order chi connectivity index (χ0) is 19.6. The lowest BCUT2D eigenvalue weighted by atomic mass is 10.1. The van der Waals surface area contributed by atoms with Crippen LogP contribution in [0, 0.1) is 6.92 Å². The molecule has 3 rings (SSSR count). The highest BCUT2D eigenvalue weighted by atomic mass is 79.9. The van der Waals surface area contributed by atoms with Crippen LogP contribution in [-0.2, 0) is 9.59 Å². The molecule has 1 saturated heterocycles. The molecule has 0 aliphatic carbocycles. The van der Waals surface area contributed by atoms with Gasteiger partial charge in [-0.2, -0.15) is 0 Å². The smallest absolute Gasteiger partial charge is 0.335 e. The fourth-order valence-electron chi connectivity index (χ4n) is 2.74. The molecule has 0 aromatic heterocycles. The van der Waals surface area contributed by atoms with Gasteiger partial charge < -0.3 is 4.74 Å². The number of rotatable bonds is 4. The molecule has 1 aliphatic rings. The van der Waals surface area contributed by atoms with Crippen LogP contribution < -0.4 is 15.0 Å². The maximum absolute atomic E-state index is 12.9. The van der Waals surface area contributed by atoms with E-state index in [4.69, 9.17) is 4.74 Å². The molecule has 0 spiro atoms. The first-order valence-electron chi connectivity index (χ1n) is 8.31. The molecule has 7 heteroatoms. The molecule has 2 aromatic rings. The summed E-state index contributed by atoms with van der Waals surface area (Å²) in [6, 6.07) is 11.4. The average molecular weight is 429 g/mol. The zero-order valence-corrected chi connectivity index (χ0v) is 16.4. The van der Waals surface area contributed by atoms with Crippen LogP contribution in [0.15, 0.2) is 52.5 Å². The van der Waals surface area contributed by atoms with Gasteiger partial charge in [-0.1, -0.05) is 28.1 Å². The molecule has 27 heavy (non-hydrogen) atoms. The lowest BCUT2D eigenvalue weighted by molar-refractivity contribution is -0.122. The van der Waals surface area contributed by atoms with E-state index in [1.165, 1.54) is 6.08 Å². The number of amides is 4. The van der Waals surface area contributed by atoms with Crippen LogP contribution in [0.5, 0.6) is 5.75 Å². The molecule has 1 N–H and O–H groups in total. The van der Waals surface area contributed by atoms with E-state index in [0.29, 0.717) is 23.6 Å². The van der Waals surface area contributed by atoms with Gasteiger partial charge in [0, 0.05) is 4.47 Å². The molecular formula is C20H17BrN2O4. The van der Waals surface area contributed by atoms with Crippen molar-refractivity contribution in [2.75, 3.05) is 11.5 Å². The van der Waals surface area contributed by atoms with Crippen LogP contribution in [0.2, 0.25) is 0 Å². The molecule has 138 valence electrons. The predicted octanol–water partition coefficient (Wildman–Crippen LogP) is 3.82. The summed E-state index contributed by atoms with van der Waals surface area (Å²) < 4.78 is 6.21. The number of halogens is 1. The SMILES string of the molecule is CCOc1ccc(C=C2C(=O)NC(=O)N(c3ccc(Br)cc3C)C2=O)cc1. The molecule has 1 heterocycles. The minimum absolute atomic E-state index is 0.110. The maximum atomic E-state index is 12.9. The van der Waals surface area contributed by atoms with Crippen molar-refractivity contribution in [3.8, 4) is 5.75 Å². The van der Waals surface area contributed by atoms with Gasteiger partial charge in [0.1, 0.15) is 11.3 Å². The molecule has 1 fully saturated rings. The average Bonchev–Trinajstić information content (AvgIpc) is 2.62. The lowest BCUT2D eigenvalue weighted by Crippen LogP contribution is -2.54. The number of anilines is 1. The third-order valence-corrected chi connectivity index (χ3v) is 4.50. The van der Waals surface area contributed by atoms with Crippen molar-refractivity contribution in [3.63, 3.8) is 0 Å². The van der Waals surface area contributed by atoms with Gasteiger partial charge in [-0.25, -0.2) is 9.69 Å². The normalized spacial score (nSPS) is 15.9. The second-order valence-electron chi connectivity index (χ2n) is 5.89. The number of nitrogens with zero attached hydrogens (tertiary/aromatic N) is 1. The summed E-state index contributed by atoms with van der Waals surface area (Å²) in [4.78, 5) is 38.4. The van der Waals surface area contributed by atoms with Crippen LogP contribution in [0.4, 0.5) is 10.5 Å². The first-order chi connectivity index (χ1) is 12.9. The molecule has 4 amide bonds. The Kier molecular flexibility index (Phi) is 5.41. The third-order valence-electron chi connectivity index (χ3n) is 4.00. The third kappa shape index (κ3) is 3.93. The van der Waals surface area contributed by atoms with E-state index in [1.54, 1.807) is 49.4 Å².